The highest BCUT2D eigenvalue weighted by Gasteiger charge is 2.09. The summed E-state index contributed by atoms with van der Waals surface area (Å²) < 4.78 is 23.7. The van der Waals surface area contributed by atoms with Crippen molar-refractivity contribution in [3.63, 3.8) is 0 Å². The van der Waals surface area contributed by atoms with E-state index in [1.54, 1.807) is 7.11 Å². The van der Waals surface area contributed by atoms with Gasteiger partial charge in [-0.3, -0.25) is 10.1 Å². The quantitative estimate of drug-likeness (QED) is 0.406. The number of halogens is 1. The fourth-order valence-electron chi connectivity index (χ4n) is 1.56. The Kier molecular flexibility index (Phi) is 7.52. The molecule has 0 aromatic heterocycles. The third kappa shape index (κ3) is 5.94. The molecule has 0 amide bonds. The Morgan fingerprint density at radius 1 is 1.30 bits per heavy atom. The van der Waals surface area contributed by atoms with Crippen LogP contribution >= 0.6 is 0 Å². The van der Waals surface area contributed by atoms with Crippen molar-refractivity contribution in [1.29, 1.82) is 0 Å². The topological polar surface area (TPSA) is 73.6 Å². The lowest BCUT2D eigenvalue weighted by Gasteiger charge is -2.07. The van der Waals surface area contributed by atoms with E-state index in [4.69, 9.17) is 9.47 Å². The van der Waals surface area contributed by atoms with Gasteiger partial charge >= 0.3 is 0 Å². The van der Waals surface area contributed by atoms with Crippen molar-refractivity contribution >= 4 is 11.4 Å². The highest BCUT2D eigenvalue weighted by molar-refractivity contribution is 5.49. The predicted octanol–water partition coefficient (Wildman–Crippen LogP) is 2.59. The van der Waals surface area contributed by atoms with E-state index in [2.05, 4.69) is 5.32 Å². The Balaban J connectivity index is 2.20. The van der Waals surface area contributed by atoms with Crippen LogP contribution in [0.4, 0.5) is 15.8 Å². The van der Waals surface area contributed by atoms with Crippen molar-refractivity contribution in [3.8, 4) is 0 Å². The fourth-order valence-corrected chi connectivity index (χ4v) is 1.56. The van der Waals surface area contributed by atoms with Gasteiger partial charge in [-0.2, -0.15) is 0 Å². The summed E-state index contributed by atoms with van der Waals surface area (Å²) in [6.45, 7) is 2.36. The monoisotopic (exact) mass is 286 g/mol. The van der Waals surface area contributed by atoms with Crippen molar-refractivity contribution in [2.45, 2.75) is 12.8 Å². The van der Waals surface area contributed by atoms with Crippen LogP contribution in [0.1, 0.15) is 12.8 Å². The van der Waals surface area contributed by atoms with E-state index in [1.807, 2.05) is 0 Å². The lowest BCUT2D eigenvalue weighted by molar-refractivity contribution is -0.385. The molecule has 0 heterocycles. The molecule has 0 aliphatic heterocycles. The van der Waals surface area contributed by atoms with Crippen molar-refractivity contribution in [2.24, 2.45) is 0 Å². The smallest absolute Gasteiger partial charge is 0.272 e. The molecule has 1 N–H and O–H groups in total. The molecule has 112 valence electrons. The Morgan fingerprint density at radius 3 is 2.75 bits per heavy atom. The molecule has 0 saturated heterocycles. The second-order valence-corrected chi connectivity index (χ2v) is 4.16. The molecule has 1 rings (SSSR count). The molecule has 20 heavy (non-hydrogen) atoms. The van der Waals surface area contributed by atoms with Gasteiger partial charge in [0.25, 0.3) is 5.69 Å². The number of non-ortho nitro benzene ring substituents is 1. The zero-order valence-electron chi connectivity index (χ0n) is 11.4. The van der Waals surface area contributed by atoms with Gasteiger partial charge in [-0.1, -0.05) is 0 Å². The molecular weight excluding hydrogens is 267 g/mol. The predicted molar refractivity (Wildman–Crippen MR) is 73.5 cm³/mol. The normalized spacial score (nSPS) is 10.5. The van der Waals surface area contributed by atoms with Gasteiger partial charge in [-0.15, -0.1) is 0 Å². The van der Waals surface area contributed by atoms with Gasteiger partial charge in [0.15, 0.2) is 5.82 Å². The van der Waals surface area contributed by atoms with E-state index in [-0.39, 0.29) is 11.4 Å². The number of nitrogens with one attached hydrogen (secondary N) is 1. The molecule has 0 unspecified atom stereocenters. The van der Waals surface area contributed by atoms with Gasteiger partial charge in [0, 0.05) is 26.3 Å². The molecule has 1 aromatic rings. The average Bonchev–Trinajstić information content (AvgIpc) is 2.43. The molecule has 6 nitrogen and oxygen atoms in total. The fraction of sp³-hybridized carbons (Fsp3) is 0.538. The molecule has 7 heteroatoms. The Labute approximate surface area is 117 Å². The first-order chi connectivity index (χ1) is 9.65. The second-order valence-electron chi connectivity index (χ2n) is 4.16. The summed E-state index contributed by atoms with van der Waals surface area (Å²) in [6, 6.07) is 3.57. The summed E-state index contributed by atoms with van der Waals surface area (Å²) >= 11 is 0. The molecule has 0 aliphatic carbocycles. The number of ether oxygens (including phenoxy) is 2. The molecule has 0 saturated carbocycles. The van der Waals surface area contributed by atoms with Crippen molar-refractivity contribution in [2.75, 3.05) is 38.8 Å². The largest absolute Gasteiger partial charge is 0.383 e. The van der Waals surface area contributed by atoms with Crippen LogP contribution in [-0.4, -0.2) is 38.4 Å². The maximum absolute atomic E-state index is 13.5. The third-order valence-corrected chi connectivity index (χ3v) is 2.63. The van der Waals surface area contributed by atoms with E-state index in [0.717, 1.165) is 18.9 Å². The second kappa shape index (κ2) is 9.22. The van der Waals surface area contributed by atoms with Crippen molar-refractivity contribution in [3.05, 3.63) is 34.1 Å². The summed E-state index contributed by atoms with van der Waals surface area (Å²) in [4.78, 5) is 9.85. The number of benzene rings is 1. The van der Waals surface area contributed by atoms with Gasteiger partial charge in [0.1, 0.15) is 0 Å². The van der Waals surface area contributed by atoms with Gasteiger partial charge < -0.3 is 14.8 Å². The average molecular weight is 286 g/mol. The van der Waals surface area contributed by atoms with Crippen molar-refractivity contribution < 1.29 is 18.8 Å². The van der Waals surface area contributed by atoms with Crippen LogP contribution in [0, 0.1) is 15.9 Å². The standard InChI is InChI=1S/C13H19FN2O4/c1-19-8-9-20-7-3-2-6-15-13-5-4-11(16(17)18)10-12(13)14/h4-5,10,15H,2-3,6-9H2,1H3. The van der Waals surface area contributed by atoms with E-state index in [9.17, 15) is 14.5 Å². The summed E-state index contributed by atoms with van der Waals surface area (Å²) in [6.07, 6.45) is 1.68. The summed E-state index contributed by atoms with van der Waals surface area (Å²) in [5.41, 5.74) is 0.0236. The Morgan fingerprint density at radius 2 is 2.10 bits per heavy atom. The highest BCUT2D eigenvalue weighted by atomic mass is 19.1. The number of hydrogen-bond donors (Lipinski definition) is 1. The van der Waals surface area contributed by atoms with Crippen LogP contribution in [0.2, 0.25) is 0 Å². The first-order valence-corrected chi connectivity index (χ1v) is 6.39. The van der Waals surface area contributed by atoms with Gasteiger partial charge in [-0.25, -0.2) is 4.39 Å². The van der Waals surface area contributed by atoms with Gasteiger partial charge in [0.05, 0.1) is 29.9 Å². The minimum atomic E-state index is -0.621. The zero-order chi connectivity index (χ0) is 14.8. The number of methoxy groups -OCH3 is 1. The number of unbranched alkanes of at least 4 members (excludes halogenated alkanes) is 1. The van der Waals surface area contributed by atoms with Crippen LogP contribution in [-0.2, 0) is 9.47 Å². The van der Waals surface area contributed by atoms with Crippen LogP contribution in [0.25, 0.3) is 0 Å². The number of nitrogens with zero attached hydrogens (tertiary/aromatic N) is 1. The minimum Gasteiger partial charge on any atom is -0.383 e. The van der Waals surface area contributed by atoms with E-state index >= 15 is 0 Å². The molecule has 1 aromatic carbocycles. The van der Waals surface area contributed by atoms with E-state index < -0.39 is 10.7 Å². The van der Waals surface area contributed by atoms with Crippen molar-refractivity contribution in [1.82, 2.24) is 0 Å². The molecular formula is C13H19FN2O4. The number of nitro groups is 1. The minimum absolute atomic E-state index is 0.250. The summed E-state index contributed by atoms with van der Waals surface area (Å²) in [7, 11) is 1.62. The summed E-state index contributed by atoms with van der Waals surface area (Å²) in [5.74, 6) is -0.615. The summed E-state index contributed by atoms with van der Waals surface area (Å²) in [5, 5.41) is 13.4. The molecule has 0 radical (unpaired) electrons. The molecule has 0 aliphatic rings. The van der Waals surface area contributed by atoms with Gasteiger partial charge in [0.2, 0.25) is 0 Å². The van der Waals surface area contributed by atoms with E-state index in [0.29, 0.717) is 26.4 Å². The van der Waals surface area contributed by atoms with Crippen LogP contribution in [0.15, 0.2) is 18.2 Å². The van der Waals surface area contributed by atoms with E-state index in [1.165, 1.54) is 12.1 Å². The first-order valence-electron chi connectivity index (χ1n) is 6.39. The number of anilines is 1. The first kappa shape index (κ1) is 16.3. The molecule has 0 atom stereocenters. The Hall–Kier alpha value is -1.73. The molecule has 0 bridgehead atoms. The van der Waals surface area contributed by atoms with Crippen LogP contribution < -0.4 is 5.32 Å². The number of rotatable bonds is 10. The molecule has 0 fully saturated rings. The Bertz CT molecular complexity index is 429. The van der Waals surface area contributed by atoms with Gasteiger partial charge in [-0.05, 0) is 18.9 Å². The number of hydrogen-bond acceptors (Lipinski definition) is 5. The zero-order valence-corrected chi connectivity index (χ0v) is 11.4. The molecule has 0 spiro atoms. The number of nitro benzene ring substituents is 1. The SMILES string of the molecule is COCCOCCCCNc1ccc([N+](=O)[O-])cc1F. The highest BCUT2D eigenvalue weighted by Crippen LogP contribution is 2.20. The third-order valence-electron chi connectivity index (χ3n) is 2.63. The lowest BCUT2D eigenvalue weighted by Crippen LogP contribution is -2.07. The maximum Gasteiger partial charge on any atom is 0.272 e. The van der Waals surface area contributed by atoms with Crippen LogP contribution in [0.3, 0.4) is 0 Å². The maximum atomic E-state index is 13.5. The van der Waals surface area contributed by atoms with Crippen LogP contribution in [0.5, 0.6) is 0 Å². The lowest BCUT2D eigenvalue weighted by atomic mass is 10.2.